The maximum Gasteiger partial charge on any atom is 0.236 e. The lowest BCUT2D eigenvalue weighted by Gasteiger charge is -2.30. The zero-order valence-electron chi connectivity index (χ0n) is 43.6. The van der Waals surface area contributed by atoms with Crippen LogP contribution in [0.25, 0.3) is 0 Å². The SMILES string of the molecule is CCCCCCCCCN(CCCCCCCCC)CCN(CCCCCCCCC)CC(=O)N(C)CCN(C)C(=O)CN(CCCCCCCCC)CCCCCCCCC. The van der Waals surface area contributed by atoms with Gasteiger partial charge in [-0.25, -0.2) is 0 Å². The minimum atomic E-state index is 0.194. The third-order valence-electron chi connectivity index (χ3n) is 13.5. The summed E-state index contributed by atoms with van der Waals surface area (Å²) >= 11 is 0. The number of hydrogen-bond donors (Lipinski definition) is 0. The van der Waals surface area contributed by atoms with Crippen molar-refractivity contribution in [3.63, 3.8) is 0 Å². The molecule has 0 radical (unpaired) electrons. The van der Waals surface area contributed by atoms with Gasteiger partial charge in [-0.1, -0.05) is 227 Å². The number of amides is 2. The zero-order chi connectivity index (χ0) is 45.6. The first-order chi connectivity index (χ1) is 30.3. The summed E-state index contributed by atoms with van der Waals surface area (Å²) in [5, 5.41) is 0. The predicted octanol–water partition coefficient (Wildman–Crippen LogP) is 14.6. The molecule has 0 aliphatic rings. The minimum Gasteiger partial charge on any atom is -0.343 e. The van der Waals surface area contributed by atoms with Crippen molar-refractivity contribution in [2.45, 2.75) is 259 Å². The maximum atomic E-state index is 13.8. The van der Waals surface area contributed by atoms with Crippen molar-refractivity contribution in [1.29, 1.82) is 0 Å². The second-order valence-electron chi connectivity index (χ2n) is 19.6. The van der Waals surface area contributed by atoms with Crippen LogP contribution in [0.15, 0.2) is 0 Å². The smallest absolute Gasteiger partial charge is 0.236 e. The summed E-state index contributed by atoms with van der Waals surface area (Å²) in [7, 11) is 3.89. The van der Waals surface area contributed by atoms with Gasteiger partial charge in [0.25, 0.3) is 0 Å². The van der Waals surface area contributed by atoms with Crippen LogP contribution in [-0.2, 0) is 9.59 Å². The van der Waals surface area contributed by atoms with Crippen LogP contribution in [0.3, 0.4) is 0 Å². The predicted molar refractivity (Wildman–Crippen MR) is 275 cm³/mol. The number of carbonyl (C=O) groups is 2. The van der Waals surface area contributed by atoms with E-state index in [1.54, 1.807) is 0 Å². The number of nitrogens with zero attached hydrogens (tertiary/aromatic N) is 5. The zero-order valence-corrected chi connectivity index (χ0v) is 43.6. The van der Waals surface area contributed by atoms with Gasteiger partial charge in [0.1, 0.15) is 0 Å². The largest absolute Gasteiger partial charge is 0.343 e. The van der Waals surface area contributed by atoms with E-state index >= 15 is 0 Å². The van der Waals surface area contributed by atoms with E-state index in [-0.39, 0.29) is 11.8 Å². The van der Waals surface area contributed by atoms with Gasteiger partial charge < -0.3 is 14.7 Å². The summed E-state index contributed by atoms with van der Waals surface area (Å²) < 4.78 is 0. The van der Waals surface area contributed by atoms with Crippen LogP contribution in [0.4, 0.5) is 0 Å². The highest BCUT2D eigenvalue weighted by molar-refractivity contribution is 5.79. The van der Waals surface area contributed by atoms with Crippen molar-refractivity contribution in [1.82, 2.24) is 24.5 Å². The van der Waals surface area contributed by atoms with Crippen LogP contribution in [0, 0.1) is 0 Å². The van der Waals surface area contributed by atoms with E-state index in [0.717, 1.165) is 32.7 Å². The van der Waals surface area contributed by atoms with Crippen LogP contribution < -0.4 is 0 Å². The van der Waals surface area contributed by atoms with Crippen molar-refractivity contribution in [2.75, 3.05) is 86.1 Å². The number of unbranched alkanes of at least 4 members (excludes halogenated alkanes) is 30. The fourth-order valence-corrected chi connectivity index (χ4v) is 8.79. The molecule has 0 heterocycles. The van der Waals surface area contributed by atoms with E-state index in [2.05, 4.69) is 49.3 Å². The molecule has 0 saturated carbocycles. The lowest BCUT2D eigenvalue weighted by molar-refractivity contribution is -0.134. The molecule has 0 atom stereocenters. The quantitative estimate of drug-likeness (QED) is 0.0570. The van der Waals surface area contributed by atoms with Crippen LogP contribution >= 0.6 is 0 Å². The standard InChI is InChI=1S/C55H113N5O2/c1-8-13-18-23-28-33-38-43-58(44-39-34-29-24-19-14-9-2)50-51-60(47-42-37-32-27-22-17-12-5)53-55(62)57(7)49-48-56(6)54(61)52-59(45-40-35-30-25-20-15-10-3)46-41-36-31-26-21-16-11-4/h8-53H2,1-7H3. The molecule has 0 aliphatic heterocycles. The topological polar surface area (TPSA) is 50.3 Å². The number of rotatable bonds is 50. The Labute approximate surface area is 390 Å². The molecule has 0 fully saturated rings. The maximum absolute atomic E-state index is 13.8. The second-order valence-corrected chi connectivity index (χ2v) is 19.6. The van der Waals surface area contributed by atoms with E-state index in [1.807, 2.05) is 23.9 Å². The molecular weight excluding hydrogens is 763 g/mol. The molecule has 7 nitrogen and oxygen atoms in total. The Kier molecular flexibility index (Phi) is 46.9. The highest BCUT2D eigenvalue weighted by Crippen LogP contribution is 2.14. The van der Waals surface area contributed by atoms with Gasteiger partial charge in [0, 0.05) is 40.3 Å². The molecule has 0 unspecified atom stereocenters. The molecule has 0 aromatic heterocycles. The summed E-state index contributed by atoms with van der Waals surface area (Å²) in [6.07, 6.45) is 46.2. The molecule has 370 valence electrons. The normalized spacial score (nSPS) is 11.8. The van der Waals surface area contributed by atoms with Crippen LogP contribution in [0.2, 0.25) is 0 Å². The van der Waals surface area contributed by atoms with E-state index in [9.17, 15) is 9.59 Å². The molecule has 7 heteroatoms. The number of hydrogen-bond acceptors (Lipinski definition) is 5. The van der Waals surface area contributed by atoms with E-state index in [4.69, 9.17) is 0 Å². The van der Waals surface area contributed by atoms with Crippen LogP contribution in [0.1, 0.15) is 259 Å². The van der Waals surface area contributed by atoms with Crippen molar-refractivity contribution >= 4 is 11.8 Å². The molecular formula is C55H113N5O2. The first-order valence-electron chi connectivity index (χ1n) is 28.0. The molecule has 0 N–H and O–H groups in total. The summed E-state index contributed by atoms with van der Waals surface area (Å²) in [6, 6.07) is 0. The van der Waals surface area contributed by atoms with Gasteiger partial charge in [0.05, 0.1) is 13.1 Å². The average Bonchev–Trinajstić information content (AvgIpc) is 3.27. The van der Waals surface area contributed by atoms with Crippen molar-refractivity contribution in [3.05, 3.63) is 0 Å². The number of carbonyl (C=O) groups excluding carboxylic acids is 2. The molecule has 0 aliphatic carbocycles. The van der Waals surface area contributed by atoms with Gasteiger partial charge in [-0.3, -0.25) is 19.4 Å². The molecule has 62 heavy (non-hydrogen) atoms. The van der Waals surface area contributed by atoms with Crippen molar-refractivity contribution in [3.8, 4) is 0 Å². The first-order valence-corrected chi connectivity index (χ1v) is 28.0. The fraction of sp³-hybridized carbons (Fsp3) is 0.964. The molecule has 0 spiro atoms. The second kappa shape index (κ2) is 47.8. The third kappa shape index (κ3) is 40.3. The molecule has 0 saturated heterocycles. The molecule has 0 aromatic carbocycles. The average molecular weight is 877 g/mol. The molecule has 2 amide bonds. The third-order valence-corrected chi connectivity index (χ3v) is 13.5. The van der Waals surface area contributed by atoms with E-state index in [0.29, 0.717) is 26.2 Å². The molecule has 0 aromatic rings. The van der Waals surface area contributed by atoms with Crippen LogP contribution in [-0.4, -0.2) is 122 Å². The van der Waals surface area contributed by atoms with E-state index < -0.39 is 0 Å². The summed E-state index contributed by atoms with van der Waals surface area (Å²) in [5.41, 5.74) is 0. The van der Waals surface area contributed by atoms with Gasteiger partial charge >= 0.3 is 0 Å². The van der Waals surface area contributed by atoms with Gasteiger partial charge in [0.2, 0.25) is 11.8 Å². The van der Waals surface area contributed by atoms with Gasteiger partial charge in [-0.2, -0.15) is 0 Å². The van der Waals surface area contributed by atoms with E-state index in [1.165, 1.54) is 238 Å². The molecule has 0 rings (SSSR count). The monoisotopic (exact) mass is 876 g/mol. The lowest BCUT2D eigenvalue weighted by Crippen LogP contribution is -2.45. The first kappa shape index (κ1) is 60.8. The Bertz CT molecular complexity index is 897. The molecule has 0 bridgehead atoms. The van der Waals surface area contributed by atoms with Gasteiger partial charge in [-0.05, 0) is 64.8 Å². The Morgan fingerprint density at radius 1 is 0.242 bits per heavy atom. The summed E-state index contributed by atoms with van der Waals surface area (Å²) in [6.45, 7) is 21.1. The Morgan fingerprint density at radius 3 is 0.694 bits per heavy atom. The summed E-state index contributed by atoms with van der Waals surface area (Å²) in [4.78, 5) is 38.8. The van der Waals surface area contributed by atoms with Crippen molar-refractivity contribution in [2.24, 2.45) is 0 Å². The Morgan fingerprint density at radius 2 is 0.435 bits per heavy atom. The van der Waals surface area contributed by atoms with Gasteiger partial charge in [0.15, 0.2) is 0 Å². The number of likely N-dealkylation sites (N-methyl/N-ethyl adjacent to an activating group) is 2. The van der Waals surface area contributed by atoms with Crippen molar-refractivity contribution < 1.29 is 9.59 Å². The minimum absolute atomic E-state index is 0.194. The van der Waals surface area contributed by atoms with Gasteiger partial charge in [-0.15, -0.1) is 0 Å². The lowest BCUT2D eigenvalue weighted by atomic mass is 10.1. The van der Waals surface area contributed by atoms with Crippen LogP contribution in [0.5, 0.6) is 0 Å². The Balaban J connectivity index is 5.31. The Hall–Kier alpha value is -1.18. The summed E-state index contributed by atoms with van der Waals surface area (Å²) in [5.74, 6) is 0.387. The highest BCUT2D eigenvalue weighted by atomic mass is 16.2. The highest BCUT2D eigenvalue weighted by Gasteiger charge is 2.19. The fourth-order valence-electron chi connectivity index (χ4n) is 8.79.